The molecule has 1 aromatic rings. The van der Waals surface area contributed by atoms with Crippen LogP contribution in [0.5, 0.6) is 0 Å². The van der Waals surface area contributed by atoms with Crippen LogP contribution in [0.1, 0.15) is 23.2 Å². The van der Waals surface area contributed by atoms with Crippen LogP contribution in [0.15, 0.2) is 18.2 Å². The Bertz CT molecular complexity index is 433. The van der Waals surface area contributed by atoms with Gasteiger partial charge in [0.25, 0.3) is 0 Å². The molecule has 1 heterocycles. The van der Waals surface area contributed by atoms with Gasteiger partial charge in [-0.1, -0.05) is 6.07 Å². The van der Waals surface area contributed by atoms with Crippen molar-refractivity contribution in [2.24, 2.45) is 5.92 Å². The third kappa shape index (κ3) is 3.16. The summed E-state index contributed by atoms with van der Waals surface area (Å²) >= 11 is 1.95. The van der Waals surface area contributed by atoms with Gasteiger partial charge >= 0.3 is 5.97 Å². The molecule has 0 aliphatic carbocycles. The van der Waals surface area contributed by atoms with Gasteiger partial charge in [0.1, 0.15) is 11.4 Å². The number of carbonyl (C=O) groups is 1. The molecule has 1 aromatic carbocycles. The van der Waals surface area contributed by atoms with Crippen molar-refractivity contribution in [3.63, 3.8) is 0 Å². The summed E-state index contributed by atoms with van der Waals surface area (Å²) in [5.74, 6) is 0.945. The molecule has 0 unspecified atom stereocenters. The van der Waals surface area contributed by atoms with Crippen molar-refractivity contribution in [3.05, 3.63) is 29.6 Å². The highest BCUT2D eigenvalue weighted by molar-refractivity contribution is 7.99. The van der Waals surface area contributed by atoms with E-state index in [1.54, 1.807) is 6.07 Å². The van der Waals surface area contributed by atoms with Crippen molar-refractivity contribution in [1.82, 2.24) is 0 Å². The van der Waals surface area contributed by atoms with Crippen molar-refractivity contribution in [2.75, 3.05) is 23.4 Å². The Balaban J connectivity index is 2.04. The van der Waals surface area contributed by atoms with E-state index in [0.717, 1.165) is 24.3 Å². The van der Waals surface area contributed by atoms with Gasteiger partial charge in [-0.15, -0.1) is 0 Å². The predicted molar refractivity (Wildman–Crippen MR) is 71.9 cm³/mol. The summed E-state index contributed by atoms with van der Waals surface area (Å²) in [5, 5.41) is 12.1. The van der Waals surface area contributed by atoms with Crippen molar-refractivity contribution in [2.45, 2.75) is 12.8 Å². The predicted octanol–water partition coefficient (Wildman–Crippen LogP) is 3.08. The van der Waals surface area contributed by atoms with Crippen LogP contribution in [-0.4, -0.2) is 29.1 Å². The van der Waals surface area contributed by atoms with E-state index in [4.69, 9.17) is 5.11 Å². The van der Waals surface area contributed by atoms with Gasteiger partial charge < -0.3 is 10.4 Å². The zero-order valence-corrected chi connectivity index (χ0v) is 10.8. The van der Waals surface area contributed by atoms with E-state index < -0.39 is 11.8 Å². The quantitative estimate of drug-likeness (QED) is 0.882. The molecule has 0 amide bonds. The molecule has 0 bridgehead atoms. The molecule has 1 fully saturated rings. The fourth-order valence-electron chi connectivity index (χ4n) is 2.09. The van der Waals surface area contributed by atoms with Crippen LogP contribution in [0.3, 0.4) is 0 Å². The highest BCUT2D eigenvalue weighted by Gasteiger charge is 2.18. The number of carboxylic acid groups (broad SMARTS) is 1. The number of aromatic carboxylic acids is 1. The van der Waals surface area contributed by atoms with E-state index in [1.165, 1.54) is 12.1 Å². The Labute approximate surface area is 110 Å². The summed E-state index contributed by atoms with van der Waals surface area (Å²) in [5.41, 5.74) is 0.114. The lowest BCUT2D eigenvalue weighted by Crippen LogP contribution is -2.20. The Morgan fingerprint density at radius 3 is 2.83 bits per heavy atom. The molecule has 1 aliphatic rings. The molecule has 2 rings (SSSR count). The highest BCUT2D eigenvalue weighted by atomic mass is 32.2. The van der Waals surface area contributed by atoms with Crippen molar-refractivity contribution in [1.29, 1.82) is 0 Å². The molecule has 5 heteroatoms. The molecule has 18 heavy (non-hydrogen) atoms. The van der Waals surface area contributed by atoms with Gasteiger partial charge in [-0.25, -0.2) is 9.18 Å². The van der Waals surface area contributed by atoms with Crippen LogP contribution in [0.4, 0.5) is 10.1 Å². The Morgan fingerprint density at radius 1 is 1.44 bits per heavy atom. The lowest BCUT2D eigenvalue weighted by Gasteiger charge is -2.22. The maximum Gasteiger partial charge on any atom is 0.340 e. The van der Waals surface area contributed by atoms with Gasteiger partial charge in [0.2, 0.25) is 0 Å². The van der Waals surface area contributed by atoms with E-state index in [2.05, 4.69) is 5.32 Å². The Kier molecular flexibility index (Phi) is 4.47. The summed E-state index contributed by atoms with van der Waals surface area (Å²) in [4.78, 5) is 11.0. The molecule has 3 nitrogen and oxygen atoms in total. The second-order valence-corrected chi connectivity index (χ2v) is 5.63. The number of anilines is 1. The molecule has 1 saturated heterocycles. The fraction of sp³-hybridized carbons (Fsp3) is 0.462. The first-order chi connectivity index (χ1) is 8.68. The molecule has 0 saturated carbocycles. The third-order valence-corrected chi connectivity index (χ3v) is 4.20. The lowest BCUT2D eigenvalue weighted by atomic mass is 10.0. The largest absolute Gasteiger partial charge is 0.478 e. The van der Waals surface area contributed by atoms with Gasteiger partial charge in [-0.2, -0.15) is 11.8 Å². The molecule has 2 N–H and O–H groups in total. The zero-order chi connectivity index (χ0) is 13.0. The molecule has 1 aliphatic heterocycles. The van der Waals surface area contributed by atoms with Gasteiger partial charge in [0.05, 0.1) is 5.69 Å². The van der Waals surface area contributed by atoms with Gasteiger partial charge in [0.15, 0.2) is 0 Å². The fourth-order valence-corrected chi connectivity index (χ4v) is 3.30. The van der Waals surface area contributed by atoms with Crippen LogP contribution in [0.25, 0.3) is 0 Å². The van der Waals surface area contributed by atoms with Gasteiger partial charge in [-0.05, 0) is 42.4 Å². The number of carboxylic acids is 1. The first-order valence-corrected chi connectivity index (χ1v) is 7.17. The maximum absolute atomic E-state index is 13.4. The second-order valence-electron chi connectivity index (χ2n) is 4.40. The van der Waals surface area contributed by atoms with Crippen LogP contribution in [-0.2, 0) is 0 Å². The minimum Gasteiger partial charge on any atom is -0.478 e. The van der Waals surface area contributed by atoms with Crippen LogP contribution < -0.4 is 5.32 Å². The standard InChI is InChI=1S/C13H16FNO2S/c14-10-2-1-3-11(12(10)13(16)17)15-8-9-4-6-18-7-5-9/h1-3,9,15H,4-8H2,(H,16,17). The van der Waals surface area contributed by atoms with Crippen molar-refractivity contribution < 1.29 is 14.3 Å². The smallest absolute Gasteiger partial charge is 0.340 e. The van der Waals surface area contributed by atoms with Crippen LogP contribution in [0.2, 0.25) is 0 Å². The molecule has 0 aromatic heterocycles. The summed E-state index contributed by atoms with van der Waals surface area (Å²) in [6, 6.07) is 4.32. The van der Waals surface area contributed by atoms with E-state index in [9.17, 15) is 9.18 Å². The van der Waals surface area contributed by atoms with Crippen LogP contribution in [0, 0.1) is 11.7 Å². The summed E-state index contributed by atoms with van der Waals surface area (Å²) in [6.45, 7) is 0.713. The number of nitrogens with one attached hydrogen (secondary N) is 1. The Morgan fingerprint density at radius 2 is 2.17 bits per heavy atom. The summed E-state index contributed by atoms with van der Waals surface area (Å²) < 4.78 is 13.4. The van der Waals surface area contributed by atoms with E-state index in [-0.39, 0.29) is 5.56 Å². The molecule has 0 atom stereocenters. The minimum absolute atomic E-state index is 0.261. The number of benzene rings is 1. The maximum atomic E-state index is 13.4. The van der Waals surface area contributed by atoms with E-state index in [1.807, 2.05) is 11.8 Å². The molecular weight excluding hydrogens is 253 g/mol. The average Bonchev–Trinajstić information content (AvgIpc) is 2.37. The lowest BCUT2D eigenvalue weighted by molar-refractivity contribution is 0.0693. The van der Waals surface area contributed by atoms with Crippen LogP contribution >= 0.6 is 11.8 Å². The molecular formula is C13H16FNO2S. The van der Waals surface area contributed by atoms with Gasteiger partial charge in [-0.3, -0.25) is 0 Å². The SMILES string of the molecule is O=C(O)c1c(F)cccc1NCC1CCSCC1. The topological polar surface area (TPSA) is 49.3 Å². The first-order valence-electron chi connectivity index (χ1n) is 6.02. The minimum atomic E-state index is -1.23. The third-order valence-electron chi connectivity index (χ3n) is 3.15. The van der Waals surface area contributed by atoms with Gasteiger partial charge in [0, 0.05) is 6.54 Å². The molecule has 0 spiro atoms. The number of thioether (sulfide) groups is 1. The second kappa shape index (κ2) is 6.09. The Hall–Kier alpha value is -1.23. The highest BCUT2D eigenvalue weighted by Crippen LogP contribution is 2.24. The zero-order valence-electron chi connectivity index (χ0n) is 9.99. The number of rotatable bonds is 4. The number of hydrogen-bond acceptors (Lipinski definition) is 3. The molecule has 0 radical (unpaired) electrons. The average molecular weight is 269 g/mol. The monoisotopic (exact) mass is 269 g/mol. The summed E-state index contributed by atoms with van der Waals surface area (Å²) in [7, 11) is 0. The van der Waals surface area contributed by atoms with Crippen molar-refractivity contribution in [3.8, 4) is 0 Å². The summed E-state index contributed by atoms with van der Waals surface area (Å²) in [6.07, 6.45) is 2.27. The van der Waals surface area contributed by atoms with Crippen molar-refractivity contribution >= 4 is 23.4 Å². The van der Waals surface area contributed by atoms with E-state index >= 15 is 0 Å². The first kappa shape index (κ1) is 13.2. The molecule has 98 valence electrons. The van der Waals surface area contributed by atoms with E-state index in [0.29, 0.717) is 18.2 Å². The normalized spacial score (nSPS) is 16.5. The number of halogens is 1. The number of hydrogen-bond donors (Lipinski definition) is 2.